The Morgan fingerprint density at radius 3 is 2.41 bits per heavy atom. The predicted octanol–water partition coefficient (Wildman–Crippen LogP) is 3.91. The van der Waals surface area contributed by atoms with Gasteiger partial charge in [0.25, 0.3) is 0 Å². The van der Waals surface area contributed by atoms with Gasteiger partial charge in [0, 0.05) is 17.9 Å². The lowest BCUT2D eigenvalue weighted by atomic mass is 9.90. The molecule has 160 valence electrons. The van der Waals surface area contributed by atoms with Crippen LogP contribution in [0.4, 0.5) is 5.69 Å². The molecule has 6 heteroatoms. The molecule has 3 N–H and O–H groups in total. The van der Waals surface area contributed by atoms with Gasteiger partial charge in [-0.3, -0.25) is 4.79 Å². The van der Waals surface area contributed by atoms with E-state index in [4.69, 9.17) is 4.74 Å². The zero-order chi connectivity index (χ0) is 21.1. The monoisotopic (exact) mass is 401 g/mol. The smallest absolute Gasteiger partial charge is 0.337 e. The van der Waals surface area contributed by atoms with Crippen LogP contribution in [0.3, 0.4) is 0 Å². The Kier molecular flexibility index (Phi) is 9.71. The molecule has 1 atom stereocenters. The van der Waals surface area contributed by atoms with Crippen LogP contribution in [-0.4, -0.2) is 32.6 Å². The number of benzene rings is 1. The lowest BCUT2D eigenvalue weighted by Crippen LogP contribution is -2.30. The Labute approximate surface area is 174 Å². The predicted molar refractivity (Wildman–Crippen MR) is 116 cm³/mol. The molecule has 0 aromatic heterocycles. The van der Waals surface area contributed by atoms with Crippen LogP contribution in [0.2, 0.25) is 0 Å². The van der Waals surface area contributed by atoms with Crippen molar-refractivity contribution < 1.29 is 14.3 Å². The minimum atomic E-state index is -0.369. The van der Waals surface area contributed by atoms with Crippen LogP contribution >= 0.6 is 0 Å². The first-order valence-electron chi connectivity index (χ1n) is 10.8. The summed E-state index contributed by atoms with van der Waals surface area (Å²) < 4.78 is 5.73. The molecule has 0 heterocycles. The molecular weight excluding hydrogens is 366 g/mol. The summed E-state index contributed by atoms with van der Waals surface area (Å²) in [6.07, 6.45) is 7.05. The highest BCUT2D eigenvalue weighted by atomic mass is 16.5. The summed E-state index contributed by atoms with van der Waals surface area (Å²) in [6, 6.07) is 7.59. The van der Waals surface area contributed by atoms with E-state index in [-0.39, 0.29) is 12.0 Å². The molecule has 0 saturated heterocycles. The van der Waals surface area contributed by atoms with Crippen molar-refractivity contribution in [1.29, 1.82) is 0 Å². The number of anilines is 1. The van der Waals surface area contributed by atoms with E-state index in [0.717, 1.165) is 30.6 Å². The number of allylic oxidation sites excluding steroid dienone is 1. The molecule has 29 heavy (non-hydrogen) atoms. The Morgan fingerprint density at radius 1 is 1.17 bits per heavy atom. The van der Waals surface area contributed by atoms with E-state index < -0.39 is 0 Å². The first-order valence-corrected chi connectivity index (χ1v) is 10.8. The fourth-order valence-corrected chi connectivity index (χ4v) is 3.96. The zero-order valence-corrected chi connectivity index (χ0v) is 17.9. The molecule has 1 saturated carbocycles. The van der Waals surface area contributed by atoms with Gasteiger partial charge in [-0.2, -0.15) is 0 Å². The van der Waals surface area contributed by atoms with Crippen LogP contribution in [0.15, 0.2) is 35.5 Å². The highest BCUT2D eigenvalue weighted by Crippen LogP contribution is 2.28. The highest BCUT2D eigenvalue weighted by molar-refractivity contribution is 5.91. The molecule has 6 nitrogen and oxygen atoms in total. The van der Waals surface area contributed by atoms with Crippen LogP contribution < -0.4 is 16.0 Å². The van der Waals surface area contributed by atoms with Gasteiger partial charge in [0.1, 0.15) is 0 Å². The van der Waals surface area contributed by atoms with Crippen LogP contribution in [0.25, 0.3) is 0 Å². The maximum Gasteiger partial charge on any atom is 0.337 e. The summed E-state index contributed by atoms with van der Waals surface area (Å²) in [5, 5.41) is 9.21. The Bertz CT molecular complexity index is 679. The van der Waals surface area contributed by atoms with Gasteiger partial charge in [0.05, 0.1) is 18.2 Å². The molecule has 1 unspecified atom stereocenters. The fraction of sp³-hybridized carbons (Fsp3) is 0.565. The van der Waals surface area contributed by atoms with Gasteiger partial charge in [-0.15, -0.1) is 0 Å². The average molecular weight is 402 g/mol. The van der Waals surface area contributed by atoms with E-state index in [0.29, 0.717) is 36.6 Å². The summed E-state index contributed by atoms with van der Waals surface area (Å²) in [5.41, 5.74) is 3.02. The first kappa shape index (κ1) is 22.9. The Hall–Kier alpha value is -2.34. The van der Waals surface area contributed by atoms with Crippen molar-refractivity contribution in [1.82, 2.24) is 10.6 Å². The summed E-state index contributed by atoms with van der Waals surface area (Å²) in [4.78, 5) is 24.3. The molecule has 1 fully saturated rings. The number of hydrogen-bond donors (Lipinski definition) is 3. The third kappa shape index (κ3) is 6.60. The molecule has 1 amide bonds. The summed E-state index contributed by atoms with van der Waals surface area (Å²) in [6.45, 7) is 5.25. The van der Waals surface area contributed by atoms with E-state index in [9.17, 15) is 9.59 Å². The molecule has 1 aliphatic carbocycles. The van der Waals surface area contributed by atoms with Crippen molar-refractivity contribution in [2.75, 3.05) is 25.5 Å². The van der Waals surface area contributed by atoms with Crippen molar-refractivity contribution in [3.8, 4) is 0 Å². The van der Waals surface area contributed by atoms with E-state index >= 15 is 0 Å². The van der Waals surface area contributed by atoms with Crippen molar-refractivity contribution in [2.24, 2.45) is 5.92 Å². The Morgan fingerprint density at radius 2 is 1.86 bits per heavy atom. The van der Waals surface area contributed by atoms with Gasteiger partial charge in [-0.25, -0.2) is 4.79 Å². The van der Waals surface area contributed by atoms with Gasteiger partial charge >= 0.3 is 5.97 Å². The van der Waals surface area contributed by atoms with Crippen molar-refractivity contribution in [2.45, 2.75) is 58.4 Å². The number of esters is 1. The van der Waals surface area contributed by atoms with E-state index in [2.05, 4.69) is 16.0 Å². The number of carbonyl (C=O) groups is 2. The molecule has 0 spiro atoms. The topological polar surface area (TPSA) is 79.5 Å². The minimum absolute atomic E-state index is 0.364. The number of hydrogen-bond acceptors (Lipinski definition) is 5. The molecule has 0 aliphatic heterocycles. The number of carbonyl (C=O) groups excluding carboxylic acids is 2. The second-order valence-corrected chi connectivity index (χ2v) is 7.48. The largest absolute Gasteiger partial charge is 0.462 e. The number of amides is 1. The zero-order valence-electron chi connectivity index (χ0n) is 17.9. The normalized spacial score (nSPS) is 16.5. The standard InChI is InChI=1S/C23H35N3O3/c1-4-20(26-16-27)21(23(28)29-15-17-9-7-6-8-10-17)22(24-3)18-11-13-19(14-12-18)25-5-2/h11-14,16-17,22,24-25H,4-10,15H2,1-3H3,(H,26,27)/b21-20+. The molecule has 1 aromatic carbocycles. The average Bonchev–Trinajstić information content (AvgIpc) is 2.76. The van der Waals surface area contributed by atoms with Crippen molar-refractivity contribution in [3.63, 3.8) is 0 Å². The van der Waals surface area contributed by atoms with Gasteiger partial charge in [-0.05, 0) is 56.8 Å². The van der Waals surface area contributed by atoms with Gasteiger partial charge in [0.2, 0.25) is 6.41 Å². The van der Waals surface area contributed by atoms with Crippen LogP contribution in [-0.2, 0) is 14.3 Å². The second kappa shape index (κ2) is 12.3. The molecular formula is C23H35N3O3. The molecule has 1 aromatic rings. The summed E-state index contributed by atoms with van der Waals surface area (Å²) in [7, 11) is 1.81. The third-order valence-electron chi connectivity index (χ3n) is 5.51. The molecule has 0 radical (unpaired) electrons. The third-order valence-corrected chi connectivity index (χ3v) is 5.51. The van der Waals surface area contributed by atoms with Crippen LogP contribution in [0, 0.1) is 5.92 Å². The molecule has 0 bridgehead atoms. The van der Waals surface area contributed by atoms with Gasteiger partial charge in [0.15, 0.2) is 0 Å². The number of ether oxygens (including phenoxy) is 1. The molecule has 2 rings (SSSR count). The van der Waals surface area contributed by atoms with Gasteiger partial charge < -0.3 is 20.7 Å². The van der Waals surface area contributed by atoms with Crippen molar-refractivity contribution >= 4 is 18.1 Å². The lowest BCUT2D eigenvalue weighted by molar-refractivity contribution is -0.141. The van der Waals surface area contributed by atoms with E-state index in [1.807, 2.05) is 45.2 Å². The van der Waals surface area contributed by atoms with E-state index in [1.165, 1.54) is 19.3 Å². The SMILES string of the molecule is CCNc1ccc(C(NC)/C(C(=O)OCC2CCCCC2)=C(/CC)NC=O)cc1. The number of nitrogens with one attached hydrogen (secondary N) is 3. The summed E-state index contributed by atoms with van der Waals surface area (Å²) >= 11 is 0. The highest BCUT2D eigenvalue weighted by Gasteiger charge is 2.27. The second-order valence-electron chi connectivity index (χ2n) is 7.48. The maximum absolute atomic E-state index is 13.1. The van der Waals surface area contributed by atoms with Gasteiger partial charge in [-0.1, -0.05) is 38.3 Å². The maximum atomic E-state index is 13.1. The number of rotatable bonds is 11. The van der Waals surface area contributed by atoms with Crippen molar-refractivity contribution in [3.05, 3.63) is 41.1 Å². The molecule has 1 aliphatic rings. The minimum Gasteiger partial charge on any atom is -0.462 e. The summed E-state index contributed by atoms with van der Waals surface area (Å²) in [5.74, 6) is 0.0716. The number of likely N-dealkylation sites (N-methyl/N-ethyl adjacent to an activating group) is 1. The lowest BCUT2D eigenvalue weighted by Gasteiger charge is -2.25. The van der Waals surface area contributed by atoms with Crippen LogP contribution in [0.5, 0.6) is 0 Å². The first-order chi connectivity index (χ1) is 14.1. The van der Waals surface area contributed by atoms with E-state index in [1.54, 1.807) is 0 Å². The Balaban J connectivity index is 2.26. The van der Waals surface area contributed by atoms with Crippen LogP contribution in [0.1, 0.15) is 64.0 Å². The fourth-order valence-electron chi connectivity index (χ4n) is 3.96. The quantitative estimate of drug-likeness (QED) is 0.298.